The van der Waals surface area contributed by atoms with Gasteiger partial charge in [-0.25, -0.2) is 0 Å². The molecule has 1 amide bonds. The largest absolute Gasteiger partial charge is 0.326 e. The molecule has 3 rings (SSSR count). The molecule has 2 aromatic heterocycles. The van der Waals surface area contributed by atoms with Crippen LogP contribution in [0.4, 0.5) is 5.69 Å². The number of aromatic nitrogens is 4. The quantitative estimate of drug-likeness (QED) is 0.692. The number of halogens is 1. The molecule has 0 aliphatic carbocycles. The van der Waals surface area contributed by atoms with Gasteiger partial charge in [-0.2, -0.15) is 5.10 Å². The van der Waals surface area contributed by atoms with E-state index in [0.29, 0.717) is 22.2 Å². The Morgan fingerprint density at radius 3 is 2.37 bits per heavy atom. The Kier molecular flexibility index (Phi) is 5.06. The summed E-state index contributed by atoms with van der Waals surface area (Å²) < 4.78 is 1.51. The molecule has 7 nitrogen and oxygen atoms in total. The van der Waals surface area contributed by atoms with Gasteiger partial charge in [0.1, 0.15) is 10.8 Å². The Morgan fingerprint density at radius 1 is 1.15 bits per heavy atom. The van der Waals surface area contributed by atoms with E-state index in [1.807, 2.05) is 32.9 Å². The van der Waals surface area contributed by atoms with E-state index in [1.165, 1.54) is 11.6 Å². The van der Waals surface area contributed by atoms with Gasteiger partial charge in [-0.1, -0.05) is 32.4 Å². The molecule has 0 aliphatic heterocycles. The van der Waals surface area contributed by atoms with Crippen LogP contribution in [0.3, 0.4) is 0 Å². The second-order valence-electron chi connectivity index (χ2n) is 7.55. The van der Waals surface area contributed by atoms with E-state index in [0.717, 1.165) is 11.3 Å². The molecule has 0 bridgehead atoms. The predicted octanol–water partition coefficient (Wildman–Crippen LogP) is 3.98. The first-order chi connectivity index (χ1) is 12.6. The van der Waals surface area contributed by atoms with E-state index >= 15 is 0 Å². The first kappa shape index (κ1) is 19.1. The standard InChI is InChI=1S/C19H22ClN5O2/c1-11(26)5-10-14(27)21-13-8-6-12(7-9-13)17-22-18-15(20)16(19(2,3)4)23-25(18)24-17/h6-9H,5,10H2,1-4H3,(H,21,27)(H,22,24). The number of carbonyl (C=O) groups excluding carboxylic acids is 2. The summed E-state index contributed by atoms with van der Waals surface area (Å²) >= 11 is 6.45. The van der Waals surface area contributed by atoms with Crippen molar-refractivity contribution >= 4 is 34.6 Å². The number of rotatable bonds is 5. The number of nitrogens with one attached hydrogen (secondary N) is 2. The molecule has 2 N–H and O–H groups in total. The average molecular weight is 388 g/mol. The average Bonchev–Trinajstić information content (AvgIpc) is 3.13. The van der Waals surface area contributed by atoms with Crippen LogP contribution < -0.4 is 5.32 Å². The van der Waals surface area contributed by atoms with Crippen molar-refractivity contribution in [3.8, 4) is 11.4 Å². The maximum absolute atomic E-state index is 11.8. The first-order valence-electron chi connectivity index (χ1n) is 8.70. The van der Waals surface area contributed by atoms with Gasteiger partial charge in [0, 0.05) is 29.5 Å². The number of ketones is 1. The fourth-order valence-electron chi connectivity index (χ4n) is 2.63. The lowest BCUT2D eigenvalue weighted by Crippen LogP contribution is -2.13. The number of H-pyrrole nitrogens is 1. The monoisotopic (exact) mass is 387 g/mol. The zero-order valence-corrected chi connectivity index (χ0v) is 16.5. The maximum atomic E-state index is 11.8. The fraction of sp³-hybridized carbons (Fsp3) is 0.368. The van der Waals surface area contributed by atoms with Crippen molar-refractivity contribution in [1.29, 1.82) is 0 Å². The van der Waals surface area contributed by atoms with E-state index in [2.05, 4.69) is 20.5 Å². The Balaban J connectivity index is 1.77. The Hall–Kier alpha value is -2.67. The highest BCUT2D eigenvalue weighted by Crippen LogP contribution is 2.31. The maximum Gasteiger partial charge on any atom is 0.224 e. The van der Waals surface area contributed by atoms with Crippen molar-refractivity contribution in [2.45, 2.75) is 46.0 Å². The van der Waals surface area contributed by atoms with Crippen LogP contribution in [0, 0.1) is 0 Å². The van der Waals surface area contributed by atoms with Crippen molar-refractivity contribution in [3.05, 3.63) is 35.0 Å². The summed E-state index contributed by atoms with van der Waals surface area (Å²) in [6.07, 6.45) is 0.425. The van der Waals surface area contributed by atoms with Crippen LogP contribution in [-0.4, -0.2) is 31.5 Å². The van der Waals surface area contributed by atoms with Crippen molar-refractivity contribution in [1.82, 2.24) is 19.8 Å². The minimum absolute atomic E-state index is 0.00314. The molecule has 3 aromatic rings. The zero-order valence-electron chi connectivity index (χ0n) is 15.8. The Morgan fingerprint density at radius 2 is 1.81 bits per heavy atom. The number of aromatic amines is 1. The summed E-state index contributed by atoms with van der Waals surface area (Å²) in [4.78, 5) is 25.9. The van der Waals surface area contributed by atoms with Gasteiger partial charge in [0.25, 0.3) is 0 Å². The summed E-state index contributed by atoms with van der Waals surface area (Å²) in [5.74, 6) is 0.446. The lowest BCUT2D eigenvalue weighted by atomic mass is 9.92. The molecule has 8 heteroatoms. The van der Waals surface area contributed by atoms with Crippen molar-refractivity contribution in [3.63, 3.8) is 0 Å². The third kappa shape index (κ3) is 4.19. The zero-order chi connectivity index (χ0) is 19.8. The van der Waals surface area contributed by atoms with E-state index in [-0.39, 0.29) is 29.9 Å². The van der Waals surface area contributed by atoms with E-state index in [1.54, 1.807) is 12.1 Å². The van der Waals surface area contributed by atoms with Gasteiger partial charge in [0.15, 0.2) is 11.5 Å². The lowest BCUT2D eigenvalue weighted by molar-refractivity contribution is -0.121. The summed E-state index contributed by atoms with van der Waals surface area (Å²) in [6.45, 7) is 7.61. The van der Waals surface area contributed by atoms with Gasteiger partial charge in [-0.3, -0.25) is 4.79 Å². The SMILES string of the molecule is CC(=O)CCC(=O)Nc1ccc(-c2nn3nc(C(C)(C)C)c(Cl)c3[nH]2)cc1. The van der Waals surface area contributed by atoms with Crippen LogP contribution in [0.15, 0.2) is 24.3 Å². The molecule has 0 unspecified atom stereocenters. The number of benzene rings is 1. The minimum Gasteiger partial charge on any atom is -0.326 e. The summed E-state index contributed by atoms with van der Waals surface area (Å²) in [7, 11) is 0. The first-order valence-corrected chi connectivity index (χ1v) is 9.07. The topological polar surface area (TPSA) is 92.2 Å². The molecule has 142 valence electrons. The van der Waals surface area contributed by atoms with Crippen LogP contribution in [0.25, 0.3) is 17.0 Å². The third-order valence-electron chi connectivity index (χ3n) is 4.10. The summed E-state index contributed by atoms with van der Waals surface area (Å²) in [6, 6.07) is 7.26. The molecule has 27 heavy (non-hydrogen) atoms. The van der Waals surface area contributed by atoms with Gasteiger partial charge in [0.2, 0.25) is 5.91 Å². The molecule has 2 heterocycles. The smallest absolute Gasteiger partial charge is 0.224 e. The van der Waals surface area contributed by atoms with Gasteiger partial charge < -0.3 is 15.1 Å². The van der Waals surface area contributed by atoms with Crippen molar-refractivity contribution in [2.75, 3.05) is 5.32 Å². The molecular formula is C19H22ClN5O2. The van der Waals surface area contributed by atoms with E-state index in [9.17, 15) is 9.59 Å². The Labute approximate surface area is 162 Å². The minimum atomic E-state index is -0.184. The van der Waals surface area contributed by atoms with Crippen molar-refractivity contribution < 1.29 is 9.59 Å². The number of anilines is 1. The van der Waals surface area contributed by atoms with Gasteiger partial charge in [-0.15, -0.1) is 9.73 Å². The van der Waals surface area contributed by atoms with Gasteiger partial charge in [-0.05, 0) is 31.2 Å². The number of Topliss-reactive ketones (excluding diaryl/α,β-unsaturated/α-hetero) is 1. The van der Waals surface area contributed by atoms with Crippen LogP contribution >= 0.6 is 11.6 Å². The second kappa shape index (κ2) is 7.15. The van der Waals surface area contributed by atoms with Gasteiger partial charge in [0.05, 0.1) is 5.69 Å². The number of hydrogen-bond acceptors (Lipinski definition) is 4. The number of amides is 1. The van der Waals surface area contributed by atoms with E-state index in [4.69, 9.17) is 11.6 Å². The normalized spacial score (nSPS) is 11.7. The summed E-state index contributed by atoms with van der Waals surface area (Å²) in [5.41, 5.74) is 2.78. The van der Waals surface area contributed by atoms with Crippen LogP contribution in [0.1, 0.15) is 46.2 Å². The van der Waals surface area contributed by atoms with Crippen LogP contribution in [0.2, 0.25) is 5.02 Å². The number of fused-ring (bicyclic) bond motifs is 1. The molecule has 0 aliphatic rings. The molecule has 1 aromatic carbocycles. The second-order valence-corrected chi connectivity index (χ2v) is 7.93. The third-order valence-corrected chi connectivity index (χ3v) is 4.46. The molecule has 0 spiro atoms. The lowest BCUT2D eigenvalue weighted by Gasteiger charge is -2.14. The predicted molar refractivity (Wildman–Crippen MR) is 105 cm³/mol. The molecule has 0 fully saturated rings. The highest BCUT2D eigenvalue weighted by Gasteiger charge is 2.25. The van der Waals surface area contributed by atoms with Crippen LogP contribution in [0.5, 0.6) is 0 Å². The molecule has 0 radical (unpaired) electrons. The number of nitrogens with zero attached hydrogens (tertiary/aromatic N) is 3. The number of hydrogen-bond donors (Lipinski definition) is 2. The Bertz CT molecular complexity index is 996. The molecule has 0 atom stereocenters. The number of carbonyl (C=O) groups is 2. The molecule has 0 saturated carbocycles. The van der Waals surface area contributed by atoms with Gasteiger partial charge >= 0.3 is 0 Å². The van der Waals surface area contributed by atoms with Crippen molar-refractivity contribution in [2.24, 2.45) is 0 Å². The highest BCUT2D eigenvalue weighted by molar-refractivity contribution is 6.34. The molecule has 0 saturated heterocycles. The molecular weight excluding hydrogens is 366 g/mol. The summed E-state index contributed by atoms with van der Waals surface area (Å²) in [5, 5.41) is 12.3. The highest BCUT2D eigenvalue weighted by atomic mass is 35.5. The van der Waals surface area contributed by atoms with E-state index < -0.39 is 0 Å². The fourth-order valence-corrected chi connectivity index (χ4v) is 3.08. The van der Waals surface area contributed by atoms with Crippen LogP contribution in [-0.2, 0) is 15.0 Å².